The van der Waals surface area contributed by atoms with Gasteiger partial charge in [-0.2, -0.15) is 0 Å². The fourth-order valence-electron chi connectivity index (χ4n) is 1.59. The van der Waals surface area contributed by atoms with Crippen LogP contribution in [-0.2, 0) is 9.59 Å². The van der Waals surface area contributed by atoms with Crippen molar-refractivity contribution in [2.24, 2.45) is 5.73 Å². The van der Waals surface area contributed by atoms with Crippen molar-refractivity contribution in [3.8, 4) is 0 Å². The summed E-state index contributed by atoms with van der Waals surface area (Å²) in [6.07, 6.45) is 1.85. The Balaban J connectivity index is 4.11. The van der Waals surface area contributed by atoms with Crippen LogP contribution in [-0.4, -0.2) is 46.8 Å². The number of amides is 2. The summed E-state index contributed by atoms with van der Waals surface area (Å²) in [4.78, 5) is 33.0. The van der Waals surface area contributed by atoms with Crippen molar-refractivity contribution in [1.29, 1.82) is 0 Å². The Bertz CT molecular complexity index is 335. The molecule has 8 heteroatoms. The molecule has 2 atom stereocenters. The summed E-state index contributed by atoms with van der Waals surface area (Å²) in [7, 11) is 0. The minimum atomic E-state index is -1.10. The van der Waals surface area contributed by atoms with Gasteiger partial charge in [0.2, 0.25) is 0 Å². The zero-order valence-electron chi connectivity index (χ0n) is 11.6. The Morgan fingerprint density at radius 1 is 1.10 bits per heavy atom. The number of nitrogens with one attached hydrogen (secondary N) is 2. The van der Waals surface area contributed by atoms with Gasteiger partial charge >= 0.3 is 18.0 Å². The average molecular weight is 289 g/mol. The number of nitrogens with two attached hydrogens (primary N) is 1. The number of hydrogen-bond donors (Lipinski definition) is 5. The molecule has 0 aromatic heterocycles. The summed E-state index contributed by atoms with van der Waals surface area (Å²) < 4.78 is 0. The van der Waals surface area contributed by atoms with Gasteiger partial charge in [-0.3, -0.25) is 4.79 Å². The fraction of sp³-hybridized carbons (Fsp3) is 0.750. The maximum absolute atomic E-state index is 11.6. The van der Waals surface area contributed by atoms with Crippen molar-refractivity contribution in [3.05, 3.63) is 0 Å². The first-order chi connectivity index (χ1) is 9.36. The largest absolute Gasteiger partial charge is 0.481 e. The first-order valence-electron chi connectivity index (χ1n) is 6.58. The van der Waals surface area contributed by atoms with E-state index in [0.29, 0.717) is 25.8 Å². The average Bonchev–Trinajstić information content (AvgIpc) is 2.35. The summed E-state index contributed by atoms with van der Waals surface area (Å²) in [5.74, 6) is -2.04. The summed E-state index contributed by atoms with van der Waals surface area (Å²) >= 11 is 0. The third kappa shape index (κ3) is 9.15. The molecule has 0 heterocycles. The van der Waals surface area contributed by atoms with Crippen LogP contribution in [0.25, 0.3) is 0 Å². The minimum Gasteiger partial charge on any atom is -0.481 e. The highest BCUT2D eigenvalue weighted by Crippen LogP contribution is 2.01. The van der Waals surface area contributed by atoms with Gasteiger partial charge in [-0.15, -0.1) is 0 Å². The Hall–Kier alpha value is -1.83. The van der Waals surface area contributed by atoms with Crippen LogP contribution in [0.15, 0.2) is 0 Å². The summed E-state index contributed by atoms with van der Waals surface area (Å²) in [5, 5.41) is 22.4. The monoisotopic (exact) mass is 289 g/mol. The highest BCUT2D eigenvalue weighted by molar-refractivity contribution is 5.82. The van der Waals surface area contributed by atoms with Gasteiger partial charge in [0.15, 0.2) is 0 Å². The van der Waals surface area contributed by atoms with E-state index in [1.807, 2.05) is 0 Å². The molecule has 0 aromatic carbocycles. The lowest BCUT2D eigenvalue weighted by atomic mass is 10.1. The number of carboxylic acid groups (broad SMARTS) is 2. The summed E-state index contributed by atoms with van der Waals surface area (Å²) in [6.45, 7) is 2.14. The van der Waals surface area contributed by atoms with E-state index in [1.165, 1.54) is 0 Å². The first-order valence-corrected chi connectivity index (χ1v) is 6.58. The summed E-state index contributed by atoms with van der Waals surface area (Å²) in [6, 6.07) is -1.92. The lowest BCUT2D eigenvalue weighted by molar-refractivity contribution is -0.139. The predicted octanol–water partition coefficient (Wildman–Crippen LogP) is 0.121. The summed E-state index contributed by atoms with van der Waals surface area (Å²) in [5.41, 5.74) is 5.32. The van der Waals surface area contributed by atoms with Crippen LogP contribution in [0.4, 0.5) is 4.79 Å². The molecule has 0 aliphatic heterocycles. The second-order valence-corrected chi connectivity index (χ2v) is 4.63. The Kier molecular flexibility index (Phi) is 9.10. The normalized spacial score (nSPS) is 13.3. The van der Waals surface area contributed by atoms with E-state index in [2.05, 4.69) is 10.6 Å². The van der Waals surface area contributed by atoms with Gasteiger partial charge in [-0.1, -0.05) is 0 Å². The lowest BCUT2D eigenvalue weighted by Crippen LogP contribution is -2.48. The van der Waals surface area contributed by atoms with Crippen LogP contribution in [0.5, 0.6) is 0 Å². The maximum atomic E-state index is 11.6. The molecular formula is C12H23N3O5. The van der Waals surface area contributed by atoms with Crippen molar-refractivity contribution < 1.29 is 24.6 Å². The van der Waals surface area contributed by atoms with E-state index >= 15 is 0 Å². The van der Waals surface area contributed by atoms with Crippen LogP contribution >= 0.6 is 0 Å². The molecule has 0 aromatic rings. The Morgan fingerprint density at radius 2 is 1.75 bits per heavy atom. The van der Waals surface area contributed by atoms with E-state index in [1.54, 1.807) is 6.92 Å². The Labute approximate surface area is 117 Å². The molecule has 8 nitrogen and oxygen atoms in total. The lowest BCUT2D eigenvalue weighted by Gasteiger charge is -2.18. The Morgan fingerprint density at radius 3 is 2.25 bits per heavy atom. The molecule has 0 saturated heterocycles. The molecular weight excluding hydrogens is 266 g/mol. The molecule has 0 rings (SSSR count). The number of carbonyl (C=O) groups excluding carboxylic acids is 1. The molecule has 0 bridgehead atoms. The SMILES string of the molecule is C[C@H](CCC(=O)O)NC(=O)N[C@@H](CCCCN)C(=O)O. The molecule has 0 fully saturated rings. The molecule has 20 heavy (non-hydrogen) atoms. The van der Waals surface area contributed by atoms with E-state index in [0.717, 1.165) is 0 Å². The molecule has 6 N–H and O–H groups in total. The van der Waals surface area contributed by atoms with E-state index in [9.17, 15) is 14.4 Å². The van der Waals surface area contributed by atoms with E-state index < -0.39 is 24.0 Å². The van der Waals surface area contributed by atoms with Crippen molar-refractivity contribution in [3.63, 3.8) is 0 Å². The number of unbranched alkanes of at least 4 members (excludes halogenated alkanes) is 1. The molecule has 0 radical (unpaired) electrons. The predicted molar refractivity (Wildman–Crippen MR) is 72.3 cm³/mol. The molecule has 2 amide bonds. The molecule has 0 aliphatic carbocycles. The van der Waals surface area contributed by atoms with Gasteiger partial charge in [-0.25, -0.2) is 9.59 Å². The highest BCUT2D eigenvalue weighted by Gasteiger charge is 2.20. The fourth-order valence-corrected chi connectivity index (χ4v) is 1.59. The van der Waals surface area contributed by atoms with Crippen molar-refractivity contribution in [2.75, 3.05) is 6.54 Å². The van der Waals surface area contributed by atoms with Crippen LogP contribution in [0.2, 0.25) is 0 Å². The standard InChI is InChI=1S/C12H23N3O5/c1-8(5-6-10(16)17)14-12(20)15-9(11(18)19)4-2-3-7-13/h8-9H,2-7,13H2,1H3,(H,16,17)(H,18,19)(H2,14,15,20)/t8-,9+/m1/s1. The quantitative estimate of drug-likeness (QED) is 0.362. The maximum Gasteiger partial charge on any atom is 0.326 e. The van der Waals surface area contributed by atoms with E-state index in [4.69, 9.17) is 15.9 Å². The van der Waals surface area contributed by atoms with Gasteiger partial charge in [0, 0.05) is 12.5 Å². The third-order valence-corrected chi connectivity index (χ3v) is 2.72. The second-order valence-electron chi connectivity index (χ2n) is 4.63. The van der Waals surface area contributed by atoms with Gasteiger partial charge in [0.25, 0.3) is 0 Å². The highest BCUT2D eigenvalue weighted by atomic mass is 16.4. The van der Waals surface area contributed by atoms with Gasteiger partial charge < -0.3 is 26.6 Å². The van der Waals surface area contributed by atoms with Crippen molar-refractivity contribution >= 4 is 18.0 Å². The molecule has 116 valence electrons. The van der Waals surface area contributed by atoms with Gasteiger partial charge in [0.05, 0.1) is 0 Å². The van der Waals surface area contributed by atoms with E-state index in [-0.39, 0.29) is 18.9 Å². The number of carbonyl (C=O) groups is 3. The van der Waals surface area contributed by atoms with Crippen LogP contribution in [0, 0.1) is 0 Å². The number of aliphatic carboxylic acids is 2. The number of hydrogen-bond acceptors (Lipinski definition) is 4. The van der Waals surface area contributed by atoms with Crippen LogP contribution in [0.3, 0.4) is 0 Å². The van der Waals surface area contributed by atoms with Gasteiger partial charge in [-0.05, 0) is 39.2 Å². The van der Waals surface area contributed by atoms with Crippen molar-refractivity contribution in [1.82, 2.24) is 10.6 Å². The molecule has 0 aliphatic rings. The van der Waals surface area contributed by atoms with Crippen molar-refractivity contribution in [2.45, 2.75) is 51.1 Å². The zero-order chi connectivity index (χ0) is 15.5. The first kappa shape index (κ1) is 18.2. The van der Waals surface area contributed by atoms with Crippen LogP contribution in [0.1, 0.15) is 39.0 Å². The second kappa shape index (κ2) is 10.0. The van der Waals surface area contributed by atoms with Gasteiger partial charge in [0.1, 0.15) is 6.04 Å². The third-order valence-electron chi connectivity index (χ3n) is 2.72. The zero-order valence-corrected chi connectivity index (χ0v) is 11.6. The molecule has 0 unspecified atom stereocenters. The smallest absolute Gasteiger partial charge is 0.326 e. The number of rotatable bonds is 10. The number of carboxylic acids is 2. The number of urea groups is 1. The molecule has 0 spiro atoms. The molecule has 0 saturated carbocycles. The van der Waals surface area contributed by atoms with Crippen LogP contribution < -0.4 is 16.4 Å². The topological polar surface area (TPSA) is 142 Å². The minimum absolute atomic E-state index is 0.0553.